The molecule has 0 aromatic heterocycles. The highest BCUT2D eigenvalue weighted by atomic mass is 28.4. The van der Waals surface area contributed by atoms with Gasteiger partial charge in [0.1, 0.15) is 0 Å². The Balaban J connectivity index is 2.16. The summed E-state index contributed by atoms with van der Waals surface area (Å²) in [7, 11) is -4.19. The Morgan fingerprint density at radius 2 is 1.23 bits per heavy atom. The van der Waals surface area contributed by atoms with E-state index in [0.717, 1.165) is 6.42 Å². The van der Waals surface area contributed by atoms with Gasteiger partial charge >= 0.3 is 0 Å². The van der Waals surface area contributed by atoms with Crippen molar-refractivity contribution in [3.63, 3.8) is 0 Å². The quantitative estimate of drug-likeness (QED) is 0.185. The third kappa shape index (κ3) is 7.63. The zero-order valence-corrected chi connectivity index (χ0v) is 25.9. The van der Waals surface area contributed by atoms with Gasteiger partial charge in [-0.05, 0) is 59.4 Å². The fraction of sp³-hybridized carbons (Fsp3) is 0.484. The van der Waals surface area contributed by atoms with Crippen LogP contribution in [0, 0.1) is 0 Å². The molecule has 0 heterocycles. The minimum Gasteiger partial charge on any atom is -0.413 e. The van der Waals surface area contributed by atoms with E-state index in [-0.39, 0.29) is 10.1 Å². The molecule has 0 N–H and O–H groups in total. The first-order valence-electron chi connectivity index (χ1n) is 12.9. The summed E-state index contributed by atoms with van der Waals surface area (Å²) >= 11 is 0. The van der Waals surface area contributed by atoms with E-state index in [2.05, 4.69) is 141 Å². The van der Waals surface area contributed by atoms with Gasteiger partial charge in [0.25, 0.3) is 8.32 Å². The maximum atomic E-state index is 7.01. The number of rotatable bonds is 10. The first-order chi connectivity index (χ1) is 16.2. The lowest BCUT2D eigenvalue weighted by molar-refractivity contribution is 0.304. The molecule has 0 radical (unpaired) electrons. The number of hydrogen-bond donors (Lipinski definition) is 0. The van der Waals surface area contributed by atoms with Crippen LogP contribution in [-0.2, 0) is 8.85 Å². The van der Waals surface area contributed by atoms with Gasteiger partial charge in [-0.15, -0.1) is 0 Å². The van der Waals surface area contributed by atoms with Crippen molar-refractivity contribution in [2.45, 2.75) is 85.0 Å². The lowest BCUT2D eigenvalue weighted by atomic mass is 10.2. The van der Waals surface area contributed by atoms with Crippen molar-refractivity contribution in [1.82, 2.24) is 0 Å². The molecule has 2 rings (SSSR count). The van der Waals surface area contributed by atoms with E-state index < -0.39 is 16.6 Å². The Morgan fingerprint density at radius 1 is 0.743 bits per heavy atom. The molecule has 0 spiro atoms. The molecule has 35 heavy (non-hydrogen) atoms. The molecule has 2 aromatic rings. The molecule has 0 aliphatic rings. The highest BCUT2D eigenvalue weighted by Gasteiger charge is 2.49. The summed E-state index contributed by atoms with van der Waals surface area (Å²) in [6, 6.07) is 21.7. The third-order valence-electron chi connectivity index (χ3n) is 7.26. The zero-order valence-electron chi connectivity index (χ0n) is 23.9. The van der Waals surface area contributed by atoms with Crippen LogP contribution in [0.25, 0.3) is 0 Å². The average molecular weight is 509 g/mol. The normalized spacial score (nSPS) is 14.3. The summed E-state index contributed by atoms with van der Waals surface area (Å²) in [5.41, 5.74) is 2.55. The largest absolute Gasteiger partial charge is 0.413 e. The molecule has 4 heteroatoms. The molecule has 2 nitrogen and oxygen atoms in total. The number of benzene rings is 2. The van der Waals surface area contributed by atoms with E-state index in [1.165, 1.54) is 21.5 Å². The second kappa shape index (κ2) is 12.0. The van der Waals surface area contributed by atoms with Gasteiger partial charge in [0.2, 0.25) is 0 Å². The summed E-state index contributed by atoms with van der Waals surface area (Å²) in [6.07, 6.45) is 5.45. The third-order valence-corrected chi connectivity index (χ3v) is 16.8. The van der Waals surface area contributed by atoms with E-state index in [9.17, 15) is 0 Å². The van der Waals surface area contributed by atoms with E-state index in [0.29, 0.717) is 13.2 Å². The van der Waals surface area contributed by atoms with Crippen molar-refractivity contribution in [3.8, 4) is 0 Å². The maximum Gasteiger partial charge on any atom is 0.261 e. The number of allylic oxidation sites excluding steroid dienone is 2. The van der Waals surface area contributed by atoms with Crippen LogP contribution in [-0.4, -0.2) is 29.8 Å². The van der Waals surface area contributed by atoms with Gasteiger partial charge in [-0.2, -0.15) is 0 Å². The molecule has 0 saturated carbocycles. The lowest BCUT2D eigenvalue weighted by Gasteiger charge is -2.43. The second-order valence-corrected chi connectivity index (χ2v) is 21.4. The molecule has 192 valence electrons. The van der Waals surface area contributed by atoms with Crippen LogP contribution in [0.3, 0.4) is 0 Å². The van der Waals surface area contributed by atoms with Gasteiger partial charge in [0.15, 0.2) is 8.32 Å². The lowest BCUT2D eigenvalue weighted by Crippen LogP contribution is -2.66. The van der Waals surface area contributed by atoms with Crippen LogP contribution in [0.15, 0.2) is 84.0 Å². The summed E-state index contributed by atoms with van der Waals surface area (Å²) in [4.78, 5) is 0. The maximum absolute atomic E-state index is 7.01. The Kier molecular flexibility index (Phi) is 10.1. The molecule has 0 aliphatic heterocycles. The van der Waals surface area contributed by atoms with Crippen LogP contribution >= 0.6 is 0 Å². The van der Waals surface area contributed by atoms with E-state index >= 15 is 0 Å². The predicted molar refractivity (Wildman–Crippen MR) is 159 cm³/mol. The minimum atomic E-state index is -2.47. The van der Waals surface area contributed by atoms with Crippen LogP contribution in [0.4, 0.5) is 0 Å². The molecule has 0 amide bonds. The van der Waals surface area contributed by atoms with Gasteiger partial charge in [-0.1, -0.05) is 120 Å². The van der Waals surface area contributed by atoms with Crippen LogP contribution in [0.5, 0.6) is 0 Å². The van der Waals surface area contributed by atoms with Gasteiger partial charge < -0.3 is 8.85 Å². The van der Waals surface area contributed by atoms with Gasteiger partial charge in [-0.3, -0.25) is 0 Å². The van der Waals surface area contributed by atoms with Crippen molar-refractivity contribution in [2.75, 3.05) is 13.2 Å². The fourth-order valence-electron chi connectivity index (χ4n) is 4.26. The Hall–Kier alpha value is -1.73. The Bertz CT molecular complexity index is 939. The highest BCUT2D eigenvalue weighted by Crippen LogP contribution is 2.37. The molecule has 0 atom stereocenters. The number of hydrogen-bond acceptors (Lipinski definition) is 2. The highest BCUT2D eigenvalue weighted by molar-refractivity contribution is 6.99. The van der Waals surface area contributed by atoms with Crippen molar-refractivity contribution in [2.24, 2.45) is 0 Å². The molecular weight excluding hydrogens is 461 g/mol. The molecule has 0 aliphatic carbocycles. The topological polar surface area (TPSA) is 18.5 Å². The molecular formula is C31H48O2Si2. The molecule has 0 unspecified atom stereocenters. The van der Waals surface area contributed by atoms with Gasteiger partial charge in [-0.25, -0.2) is 0 Å². The smallest absolute Gasteiger partial charge is 0.261 e. The van der Waals surface area contributed by atoms with Crippen LogP contribution < -0.4 is 10.4 Å². The first-order valence-corrected chi connectivity index (χ1v) is 17.8. The summed E-state index contributed by atoms with van der Waals surface area (Å²) < 4.78 is 13.4. The molecule has 0 fully saturated rings. The second-order valence-electron chi connectivity index (χ2n) is 12.3. The fourth-order valence-corrected chi connectivity index (χ4v) is 9.86. The van der Waals surface area contributed by atoms with Crippen molar-refractivity contribution in [1.29, 1.82) is 0 Å². The molecule has 0 saturated heterocycles. The molecule has 0 bridgehead atoms. The summed E-state index contributed by atoms with van der Waals surface area (Å²) in [5, 5.41) is 2.90. The zero-order chi connectivity index (χ0) is 26.3. The van der Waals surface area contributed by atoms with Gasteiger partial charge in [0.05, 0.1) is 6.61 Å². The monoisotopic (exact) mass is 508 g/mol. The Morgan fingerprint density at radius 3 is 1.66 bits per heavy atom. The van der Waals surface area contributed by atoms with Crippen LogP contribution in [0.1, 0.15) is 61.8 Å². The van der Waals surface area contributed by atoms with Crippen molar-refractivity contribution < 1.29 is 8.85 Å². The van der Waals surface area contributed by atoms with Crippen molar-refractivity contribution >= 4 is 27.0 Å². The predicted octanol–water partition coefficient (Wildman–Crippen LogP) is 7.87. The minimum absolute atomic E-state index is 0.00599. The van der Waals surface area contributed by atoms with Crippen molar-refractivity contribution in [3.05, 3.63) is 84.0 Å². The summed E-state index contributed by atoms with van der Waals surface area (Å²) in [6.45, 7) is 24.2. The van der Waals surface area contributed by atoms with E-state index in [4.69, 9.17) is 8.85 Å². The average Bonchev–Trinajstić information content (AvgIpc) is 2.77. The first kappa shape index (κ1) is 29.5. The van der Waals surface area contributed by atoms with Crippen LogP contribution in [0.2, 0.25) is 23.2 Å². The SMILES string of the molecule is CC(=C/CCO[Si](c1ccccc1)(c1ccccc1)C(C)(C)C)/C=C(\C)CO[Si](C)(C)C(C)(C)C. The standard InChI is InChI=1S/C31H48O2Si2/c1-26(24-27(2)25-33-34(9,10)30(3,4)5)18-17-23-32-35(31(6,7)8,28-19-13-11-14-20-28)29-21-15-12-16-22-29/h11-16,18-22,24H,17,23,25H2,1-10H3/b26-18-,27-24+. The molecule has 2 aromatic carbocycles. The Labute approximate surface area is 217 Å². The van der Waals surface area contributed by atoms with Gasteiger partial charge in [0, 0.05) is 6.61 Å². The summed E-state index contributed by atoms with van der Waals surface area (Å²) in [5.74, 6) is 0. The van der Waals surface area contributed by atoms with E-state index in [1.807, 2.05) is 0 Å². The van der Waals surface area contributed by atoms with E-state index in [1.54, 1.807) is 0 Å².